The number of carbonyl (C=O) groups is 2. The SMILES string of the molecule is CC(C)(C)C1CC=C(c2ccc(C(Cc3ccc(C(=O)NCCS(=O)(=O)O)cc3)C(=O)Nc3ccc(-c4ccc(Cl)cc4Cl)cc3)cc2)CC1. The van der Waals surface area contributed by atoms with Gasteiger partial charge in [-0.2, -0.15) is 8.42 Å². The van der Waals surface area contributed by atoms with Gasteiger partial charge < -0.3 is 10.6 Å². The number of anilines is 1. The lowest BCUT2D eigenvalue weighted by Gasteiger charge is -2.33. The van der Waals surface area contributed by atoms with E-state index in [2.05, 4.69) is 49.6 Å². The van der Waals surface area contributed by atoms with Gasteiger partial charge in [-0.3, -0.25) is 14.1 Å². The van der Waals surface area contributed by atoms with Crippen molar-refractivity contribution in [2.24, 2.45) is 11.3 Å². The second-order valence-corrected chi connectivity index (χ2v) is 16.3. The molecule has 50 heavy (non-hydrogen) atoms. The Balaban J connectivity index is 1.35. The Hall–Kier alpha value is -3.95. The average molecular weight is 734 g/mol. The summed E-state index contributed by atoms with van der Waals surface area (Å²) < 4.78 is 30.9. The van der Waals surface area contributed by atoms with E-state index in [4.69, 9.17) is 27.8 Å². The van der Waals surface area contributed by atoms with E-state index in [1.54, 1.807) is 36.4 Å². The maximum absolute atomic E-state index is 14.0. The van der Waals surface area contributed by atoms with Crippen molar-refractivity contribution in [1.82, 2.24) is 5.32 Å². The van der Waals surface area contributed by atoms with Crippen LogP contribution >= 0.6 is 23.2 Å². The third-order valence-corrected chi connectivity index (χ3v) is 10.6. The summed E-state index contributed by atoms with van der Waals surface area (Å²) in [5.41, 5.74) is 7.21. The van der Waals surface area contributed by atoms with Crippen LogP contribution in [0.3, 0.4) is 0 Å². The maximum atomic E-state index is 14.0. The molecule has 3 N–H and O–H groups in total. The van der Waals surface area contributed by atoms with E-state index in [0.717, 1.165) is 41.5 Å². The average Bonchev–Trinajstić information content (AvgIpc) is 3.07. The van der Waals surface area contributed by atoms with Crippen LogP contribution in [0.25, 0.3) is 16.7 Å². The molecule has 5 rings (SSSR count). The fourth-order valence-corrected chi connectivity index (χ4v) is 7.16. The van der Waals surface area contributed by atoms with Gasteiger partial charge in [0.1, 0.15) is 0 Å². The van der Waals surface area contributed by atoms with Crippen LogP contribution in [0.1, 0.15) is 73.0 Å². The molecule has 7 nitrogen and oxygen atoms in total. The standard InChI is InChI=1S/C40H42Cl2N2O5S/c1-40(2,3)32-16-12-28(13-17-32)27-8-10-30(11-9-27)36(24-26-4-6-31(7-5-26)38(45)43-22-23-50(47,48)49)39(46)44-34-19-14-29(15-20-34)35-21-18-33(41)25-37(35)42/h4-12,14-15,18-21,25,32,36H,13,16-17,22-24H2,1-3H3,(H,43,45)(H,44,46)(H,47,48,49). The van der Waals surface area contributed by atoms with Crippen molar-refractivity contribution in [2.45, 2.75) is 52.4 Å². The fraction of sp³-hybridized carbons (Fsp3) is 0.300. The zero-order valence-electron chi connectivity index (χ0n) is 28.4. The molecule has 0 saturated heterocycles. The van der Waals surface area contributed by atoms with Crippen LogP contribution in [0.4, 0.5) is 5.69 Å². The van der Waals surface area contributed by atoms with Gasteiger partial charge in [0.2, 0.25) is 5.91 Å². The quantitative estimate of drug-likeness (QED) is 0.133. The minimum absolute atomic E-state index is 0.174. The second-order valence-electron chi connectivity index (χ2n) is 13.9. The first-order valence-corrected chi connectivity index (χ1v) is 19.0. The molecule has 0 aliphatic heterocycles. The normalized spacial score (nSPS) is 15.6. The number of halogens is 2. The van der Waals surface area contributed by atoms with Gasteiger partial charge in [-0.25, -0.2) is 0 Å². The number of benzene rings is 4. The minimum atomic E-state index is -4.18. The second kappa shape index (κ2) is 15.9. The van der Waals surface area contributed by atoms with Crippen molar-refractivity contribution < 1.29 is 22.6 Å². The molecule has 4 aromatic carbocycles. The minimum Gasteiger partial charge on any atom is -0.351 e. The monoisotopic (exact) mass is 732 g/mol. The molecule has 2 amide bonds. The molecule has 2 atom stereocenters. The molecule has 1 aliphatic rings. The molecule has 0 spiro atoms. The predicted octanol–water partition coefficient (Wildman–Crippen LogP) is 9.47. The first kappa shape index (κ1) is 37.3. The number of allylic oxidation sites excluding steroid dienone is 2. The highest BCUT2D eigenvalue weighted by Gasteiger charge is 2.27. The fourth-order valence-electron chi connectivity index (χ4n) is 6.28. The lowest BCUT2D eigenvalue weighted by atomic mass is 9.72. The van der Waals surface area contributed by atoms with E-state index in [1.165, 1.54) is 11.1 Å². The van der Waals surface area contributed by atoms with Crippen LogP contribution < -0.4 is 10.6 Å². The Morgan fingerprint density at radius 3 is 2.14 bits per heavy atom. The number of hydrogen-bond donors (Lipinski definition) is 3. The predicted molar refractivity (Wildman–Crippen MR) is 203 cm³/mol. The number of rotatable bonds is 11. The Morgan fingerprint density at radius 1 is 0.900 bits per heavy atom. The largest absolute Gasteiger partial charge is 0.351 e. The zero-order valence-corrected chi connectivity index (χ0v) is 30.7. The summed E-state index contributed by atoms with van der Waals surface area (Å²) in [6.45, 7) is 6.70. The number of carbonyl (C=O) groups excluding carboxylic acids is 2. The molecule has 0 radical (unpaired) electrons. The molecule has 0 bridgehead atoms. The van der Waals surface area contributed by atoms with Gasteiger partial charge >= 0.3 is 0 Å². The van der Waals surface area contributed by atoms with Crippen LogP contribution in [0.15, 0.2) is 97.1 Å². The lowest BCUT2D eigenvalue weighted by Crippen LogP contribution is -2.28. The molecule has 0 fully saturated rings. The first-order valence-electron chi connectivity index (χ1n) is 16.6. The summed E-state index contributed by atoms with van der Waals surface area (Å²) in [6.07, 6.45) is 5.98. The van der Waals surface area contributed by atoms with E-state index < -0.39 is 27.7 Å². The highest BCUT2D eigenvalue weighted by atomic mass is 35.5. The Labute approximate surface area is 304 Å². The molecular formula is C40H42Cl2N2O5S. The van der Waals surface area contributed by atoms with Gasteiger partial charge in [-0.15, -0.1) is 0 Å². The van der Waals surface area contributed by atoms with Crippen LogP contribution in [0, 0.1) is 11.3 Å². The lowest BCUT2D eigenvalue weighted by molar-refractivity contribution is -0.117. The maximum Gasteiger partial charge on any atom is 0.266 e. The zero-order chi connectivity index (χ0) is 36.1. The van der Waals surface area contributed by atoms with Crippen molar-refractivity contribution in [3.63, 3.8) is 0 Å². The molecule has 1 aliphatic carbocycles. The Morgan fingerprint density at radius 2 is 1.56 bits per heavy atom. The van der Waals surface area contributed by atoms with Crippen LogP contribution in [0.5, 0.6) is 0 Å². The van der Waals surface area contributed by atoms with Crippen molar-refractivity contribution in [3.05, 3.63) is 129 Å². The molecule has 4 aromatic rings. The first-order chi connectivity index (χ1) is 23.7. The molecule has 0 aromatic heterocycles. The smallest absolute Gasteiger partial charge is 0.266 e. The van der Waals surface area contributed by atoms with Crippen LogP contribution in [-0.2, 0) is 21.3 Å². The van der Waals surface area contributed by atoms with E-state index in [1.807, 2.05) is 42.5 Å². The highest BCUT2D eigenvalue weighted by Crippen LogP contribution is 2.40. The summed E-state index contributed by atoms with van der Waals surface area (Å²) >= 11 is 12.5. The van der Waals surface area contributed by atoms with E-state index in [-0.39, 0.29) is 17.9 Å². The van der Waals surface area contributed by atoms with E-state index in [0.29, 0.717) is 33.6 Å². The van der Waals surface area contributed by atoms with Gasteiger partial charge in [0, 0.05) is 33.4 Å². The number of hydrogen-bond acceptors (Lipinski definition) is 4. The van der Waals surface area contributed by atoms with Gasteiger partial charge in [-0.05, 0) is 101 Å². The molecule has 0 saturated carbocycles. The molecular weight excluding hydrogens is 691 g/mol. The van der Waals surface area contributed by atoms with Crippen molar-refractivity contribution >= 4 is 56.4 Å². The summed E-state index contributed by atoms with van der Waals surface area (Å²) in [6, 6.07) is 27.9. The third-order valence-electron chi connectivity index (χ3n) is 9.33. The van der Waals surface area contributed by atoms with Crippen molar-refractivity contribution in [3.8, 4) is 11.1 Å². The third kappa shape index (κ3) is 10.1. The molecule has 2 unspecified atom stereocenters. The van der Waals surface area contributed by atoms with Gasteiger partial charge in [0.15, 0.2) is 0 Å². The van der Waals surface area contributed by atoms with E-state index in [9.17, 15) is 18.0 Å². The van der Waals surface area contributed by atoms with Crippen molar-refractivity contribution in [2.75, 3.05) is 17.6 Å². The van der Waals surface area contributed by atoms with Gasteiger partial charge in [0.25, 0.3) is 16.0 Å². The van der Waals surface area contributed by atoms with E-state index >= 15 is 0 Å². The molecule has 10 heteroatoms. The molecule has 0 heterocycles. The summed E-state index contributed by atoms with van der Waals surface area (Å²) in [5.74, 6) is -1.08. The highest BCUT2D eigenvalue weighted by molar-refractivity contribution is 7.85. The molecule has 262 valence electrons. The van der Waals surface area contributed by atoms with Gasteiger partial charge in [0.05, 0.1) is 11.7 Å². The summed E-state index contributed by atoms with van der Waals surface area (Å²) in [4.78, 5) is 26.5. The van der Waals surface area contributed by atoms with Crippen molar-refractivity contribution in [1.29, 1.82) is 0 Å². The number of amides is 2. The number of nitrogens with one attached hydrogen (secondary N) is 2. The van der Waals surface area contributed by atoms with Crippen LogP contribution in [-0.4, -0.2) is 37.1 Å². The van der Waals surface area contributed by atoms with Crippen LogP contribution in [0.2, 0.25) is 10.0 Å². The van der Waals surface area contributed by atoms with Gasteiger partial charge in [-0.1, -0.05) is 105 Å². The Kier molecular flexibility index (Phi) is 11.9. The Bertz CT molecular complexity index is 1970. The summed E-state index contributed by atoms with van der Waals surface area (Å²) in [7, 11) is -4.18. The topological polar surface area (TPSA) is 113 Å². The summed E-state index contributed by atoms with van der Waals surface area (Å²) in [5, 5.41) is 6.67.